The molecule has 23 heavy (non-hydrogen) atoms. The maximum atomic E-state index is 13.9. The van der Waals surface area contributed by atoms with Crippen LogP contribution in [0.1, 0.15) is 6.42 Å². The highest BCUT2D eigenvalue weighted by atomic mass is 31.2. The van der Waals surface area contributed by atoms with Gasteiger partial charge in [0.2, 0.25) is 5.95 Å². The first-order valence-electron chi connectivity index (χ1n) is 6.31. The monoisotopic (exact) mass is 350 g/mol. The first-order valence-corrected chi connectivity index (χ1v) is 7.99. The van der Waals surface area contributed by atoms with E-state index < -0.39 is 37.7 Å². The third-order valence-corrected chi connectivity index (χ3v) is 4.49. The summed E-state index contributed by atoms with van der Waals surface area (Å²) in [6.07, 6.45) is -1.74. The van der Waals surface area contributed by atoms with Crippen molar-refractivity contribution in [3.63, 3.8) is 0 Å². The van der Waals surface area contributed by atoms with Gasteiger partial charge in [-0.15, -0.1) is 0 Å². The predicted octanol–water partition coefficient (Wildman–Crippen LogP) is -0.505. The number of hydrogen-bond acceptors (Lipinski definition) is 7. The number of rotatable bonds is 3. The predicted molar refractivity (Wildman–Crippen MR) is 77.8 cm³/mol. The molecule has 0 aromatic carbocycles. The number of anilines is 1. The van der Waals surface area contributed by atoms with Gasteiger partial charge < -0.3 is 31.0 Å². The standard InChI is InChI=1S/C10H13FN5O5P.H3N/c11-4-1-6(22(18,19)20)21-5(4)2-16-3-13-7-8(16)14-10(12)15-9(7)17;/h3-6H,1-2H2,(H2,18,19,20)(H3,12,14,15,17);1H3/t4-,5-,6+;/m1./s1. The zero-order chi connectivity index (χ0) is 16.1. The Labute approximate surface area is 128 Å². The van der Waals surface area contributed by atoms with Crippen LogP contribution in [0, 0.1) is 0 Å². The number of H-pyrrole nitrogens is 1. The van der Waals surface area contributed by atoms with Gasteiger partial charge in [-0.3, -0.25) is 14.3 Å². The molecule has 1 aliphatic heterocycles. The molecular weight excluding hydrogens is 334 g/mol. The van der Waals surface area contributed by atoms with Crippen LogP contribution >= 0.6 is 7.60 Å². The zero-order valence-corrected chi connectivity index (χ0v) is 12.7. The molecule has 11 nitrogen and oxygen atoms in total. The Morgan fingerprint density at radius 1 is 1.57 bits per heavy atom. The number of aromatic amines is 1. The molecule has 1 fully saturated rings. The average Bonchev–Trinajstić information content (AvgIpc) is 2.95. The summed E-state index contributed by atoms with van der Waals surface area (Å²) in [5, 5.41) is 0. The van der Waals surface area contributed by atoms with Gasteiger partial charge in [0, 0.05) is 6.42 Å². The highest BCUT2D eigenvalue weighted by Gasteiger charge is 2.44. The Hall–Kier alpha value is -1.85. The molecular formula is C10H16FN6O5P. The van der Waals surface area contributed by atoms with Crippen LogP contribution in [-0.4, -0.2) is 47.4 Å². The fraction of sp³-hybridized carbons (Fsp3) is 0.500. The summed E-state index contributed by atoms with van der Waals surface area (Å²) >= 11 is 0. The molecule has 8 N–H and O–H groups in total. The fourth-order valence-corrected chi connectivity index (χ4v) is 3.15. The van der Waals surface area contributed by atoms with E-state index in [-0.39, 0.29) is 29.8 Å². The highest BCUT2D eigenvalue weighted by Crippen LogP contribution is 2.48. The minimum Gasteiger partial charge on any atom is -0.369 e. The molecule has 0 spiro atoms. The van der Waals surface area contributed by atoms with Crippen LogP contribution in [0.5, 0.6) is 0 Å². The van der Waals surface area contributed by atoms with Crippen LogP contribution in [0.4, 0.5) is 10.3 Å². The van der Waals surface area contributed by atoms with Crippen LogP contribution in [0.2, 0.25) is 0 Å². The molecule has 13 heteroatoms. The Balaban J connectivity index is 0.00000192. The number of nitrogens with two attached hydrogens (primary N) is 1. The second-order valence-electron chi connectivity index (χ2n) is 4.99. The molecule has 3 atom stereocenters. The van der Waals surface area contributed by atoms with Crippen molar-refractivity contribution in [1.82, 2.24) is 25.7 Å². The van der Waals surface area contributed by atoms with Gasteiger partial charge in [0.15, 0.2) is 17.0 Å². The molecule has 128 valence electrons. The van der Waals surface area contributed by atoms with E-state index in [0.717, 1.165) is 0 Å². The van der Waals surface area contributed by atoms with Crippen molar-refractivity contribution < 1.29 is 23.5 Å². The highest BCUT2D eigenvalue weighted by molar-refractivity contribution is 7.52. The summed E-state index contributed by atoms with van der Waals surface area (Å²) in [6.45, 7) is -0.0932. The summed E-state index contributed by atoms with van der Waals surface area (Å²) in [5.74, 6) is -1.58. The summed E-state index contributed by atoms with van der Waals surface area (Å²) in [5.41, 5.74) is 5.11. The third kappa shape index (κ3) is 3.26. The lowest BCUT2D eigenvalue weighted by Gasteiger charge is -2.15. The van der Waals surface area contributed by atoms with Crippen molar-refractivity contribution in [1.29, 1.82) is 0 Å². The summed E-state index contributed by atoms with van der Waals surface area (Å²) in [4.78, 5) is 39.8. The second-order valence-corrected chi connectivity index (χ2v) is 6.74. The van der Waals surface area contributed by atoms with Crippen LogP contribution in [0.15, 0.2) is 11.1 Å². The van der Waals surface area contributed by atoms with Crippen molar-refractivity contribution in [2.75, 3.05) is 5.73 Å². The Morgan fingerprint density at radius 2 is 2.26 bits per heavy atom. The van der Waals surface area contributed by atoms with Gasteiger partial charge in [-0.05, 0) is 0 Å². The Morgan fingerprint density at radius 3 is 2.87 bits per heavy atom. The number of aromatic nitrogens is 4. The molecule has 3 rings (SSSR count). The average molecular weight is 350 g/mol. The molecule has 0 bridgehead atoms. The Bertz CT molecular complexity index is 818. The zero-order valence-electron chi connectivity index (χ0n) is 11.8. The summed E-state index contributed by atoms with van der Waals surface area (Å²) in [7, 11) is -4.52. The van der Waals surface area contributed by atoms with Crippen LogP contribution in [-0.2, 0) is 15.8 Å². The second kappa shape index (κ2) is 5.98. The maximum absolute atomic E-state index is 13.9. The number of nitrogens with zero attached hydrogens (tertiary/aromatic N) is 3. The van der Waals surface area contributed by atoms with Gasteiger partial charge in [-0.1, -0.05) is 0 Å². The van der Waals surface area contributed by atoms with Crippen molar-refractivity contribution >= 4 is 24.7 Å². The molecule has 0 aliphatic carbocycles. The number of ether oxygens (including phenoxy) is 1. The summed E-state index contributed by atoms with van der Waals surface area (Å²) in [6, 6.07) is 0. The SMILES string of the molecule is N.Nc1nc2c(ncn2C[C@H]2O[C@@H](P(=O)(O)O)C[C@H]2F)c(=O)[nH]1. The van der Waals surface area contributed by atoms with E-state index in [9.17, 15) is 13.8 Å². The smallest absolute Gasteiger partial charge is 0.354 e. The molecule has 0 saturated carbocycles. The molecule has 1 aliphatic rings. The minimum atomic E-state index is -4.52. The lowest BCUT2D eigenvalue weighted by molar-refractivity contribution is 0.0400. The summed E-state index contributed by atoms with van der Waals surface area (Å²) < 4.78 is 31.5. The normalized spacial score (nSPS) is 24.7. The van der Waals surface area contributed by atoms with E-state index in [1.165, 1.54) is 10.9 Å². The first kappa shape index (κ1) is 17.5. The first-order chi connectivity index (χ1) is 10.3. The number of imidazole rings is 1. The number of nitrogens with one attached hydrogen (secondary N) is 1. The van der Waals surface area contributed by atoms with Crippen molar-refractivity contribution in [3.05, 3.63) is 16.7 Å². The molecule has 2 aromatic rings. The van der Waals surface area contributed by atoms with Gasteiger partial charge in [0.05, 0.1) is 12.9 Å². The lowest BCUT2D eigenvalue weighted by atomic mass is 10.2. The van der Waals surface area contributed by atoms with E-state index in [0.29, 0.717) is 0 Å². The van der Waals surface area contributed by atoms with E-state index >= 15 is 0 Å². The lowest BCUT2D eigenvalue weighted by Crippen LogP contribution is -2.24. The van der Waals surface area contributed by atoms with Crippen LogP contribution in [0.25, 0.3) is 11.2 Å². The van der Waals surface area contributed by atoms with E-state index in [1.807, 2.05) is 0 Å². The molecule has 2 aromatic heterocycles. The van der Waals surface area contributed by atoms with Crippen molar-refractivity contribution in [3.8, 4) is 0 Å². The number of hydrogen-bond donors (Lipinski definition) is 5. The molecule has 0 unspecified atom stereocenters. The topological polar surface area (TPSA) is 191 Å². The largest absolute Gasteiger partial charge is 0.369 e. The molecule has 3 heterocycles. The third-order valence-electron chi connectivity index (χ3n) is 3.41. The van der Waals surface area contributed by atoms with Gasteiger partial charge in [0.25, 0.3) is 5.56 Å². The number of fused-ring (bicyclic) bond motifs is 1. The number of nitrogen functional groups attached to an aromatic ring is 1. The van der Waals surface area contributed by atoms with E-state index in [2.05, 4.69) is 15.0 Å². The van der Waals surface area contributed by atoms with E-state index in [1.54, 1.807) is 0 Å². The van der Waals surface area contributed by atoms with E-state index in [4.69, 9.17) is 20.3 Å². The van der Waals surface area contributed by atoms with Crippen molar-refractivity contribution in [2.45, 2.75) is 31.1 Å². The Kier molecular flexibility index (Phi) is 4.55. The molecule has 0 radical (unpaired) electrons. The van der Waals surface area contributed by atoms with Gasteiger partial charge in [-0.25, -0.2) is 9.37 Å². The molecule has 1 saturated heterocycles. The minimum absolute atomic E-state index is 0. The van der Waals surface area contributed by atoms with Crippen LogP contribution in [0.3, 0.4) is 0 Å². The molecule has 0 amide bonds. The van der Waals surface area contributed by atoms with Crippen LogP contribution < -0.4 is 17.4 Å². The van der Waals surface area contributed by atoms with Gasteiger partial charge in [0.1, 0.15) is 12.3 Å². The fourth-order valence-electron chi connectivity index (χ4n) is 2.36. The number of alkyl halides is 1. The quantitative estimate of drug-likeness (QED) is 0.454. The van der Waals surface area contributed by atoms with Gasteiger partial charge >= 0.3 is 7.60 Å². The number of halogens is 1. The maximum Gasteiger partial charge on any atom is 0.354 e. The van der Waals surface area contributed by atoms with Gasteiger partial charge in [-0.2, -0.15) is 4.98 Å². The van der Waals surface area contributed by atoms with Crippen molar-refractivity contribution in [2.24, 2.45) is 0 Å².